The first-order valence-corrected chi connectivity index (χ1v) is 7.25. The summed E-state index contributed by atoms with van der Waals surface area (Å²) in [7, 11) is 0. The Labute approximate surface area is 134 Å². The van der Waals surface area contributed by atoms with Crippen LogP contribution in [0.1, 0.15) is 27.0 Å². The zero-order valence-electron chi connectivity index (χ0n) is 13.0. The van der Waals surface area contributed by atoms with Crippen LogP contribution in [0.15, 0.2) is 42.5 Å². The molecule has 120 valence electrons. The molecule has 0 heterocycles. The molecule has 1 unspecified atom stereocenters. The van der Waals surface area contributed by atoms with Crippen LogP contribution in [0, 0.1) is 13.8 Å². The van der Waals surface area contributed by atoms with Gasteiger partial charge in [-0.15, -0.1) is 0 Å². The van der Waals surface area contributed by atoms with Crippen LogP contribution in [0.3, 0.4) is 0 Å². The number of aryl methyl sites for hydroxylation is 2. The third-order valence-corrected chi connectivity index (χ3v) is 3.46. The van der Waals surface area contributed by atoms with E-state index in [0.717, 1.165) is 16.7 Å². The molecule has 5 heteroatoms. The van der Waals surface area contributed by atoms with Gasteiger partial charge in [0.2, 0.25) is 0 Å². The minimum absolute atomic E-state index is 0.111. The number of benzene rings is 2. The third-order valence-electron chi connectivity index (χ3n) is 3.46. The van der Waals surface area contributed by atoms with Crippen LogP contribution in [-0.2, 0) is 11.2 Å². The second-order valence-electron chi connectivity index (χ2n) is 5.61. The van der Waals surface area contributed by atoms with E-state index in [9.17, 15) is 19.8 Å². The SMILES string of the molecule is Cc1cc(C)cc(C(=O)NC(Cc2ccc(O)cc2)C(=O)O)c1. The molecule has 0 aliphatic carbocycles. The summed E-state index contributed by atoms with van der Waals surface area (Å²) in [5, 5.41) is 21.1. The van der Waals surface area contributed by atoms with Crippen molar-refractivity contribution in [2.24, 2.45) is 0 Å². The number of nitrogens with one attached hydrogen (secondary N) is 1. The smallest absolute Gasteiger partial charge is 0.326 e. The molecule has 0 spiro atoms. The van der Waals surface area contributed by atoms with Crippen molar-refractivity contribution in [3.63, 3.8) is 0 Å². The minimum Gasteiger partial charge on any atom is -0.508 e. The van der Waals surface area contributed by atoms with E-state index in [2.05, 4.69) is 5.32 Å². The Hall–Kier alpha value is -2.82. The standard InChI is InChI=1S/C18H19NO4/c1-11-7-12(2)9-14(8-11)17(21)19-16(18(22)23)10-13-3-5-15(20)6-4-13/h3-9,16,20H,10H2,1-2H3,(H,19,21)(H,22,23). The average molecular weight is 313 g/mol. The highest BCUT2D eigenvalue weighted by molar-refractivity contribution is 5.97. The van der Waals surface area contributed by atoms with Gasteiger partial charge >= 0.3 is 5.97 Å². The summed E-state index contributed by atoms with van der Waals surface area (Å²) in [5.41, 5.74) is 3.05. The lowest BCUT2D eigenvalue weighted by Crippen LogP contribution is -2.42. The van der Waals surface area contributed by atoms with Gasteiger partial charge < -0.3 is 15.5 Å². The highest BCUT2D eigenvalue weighted by Crippen LogP contribution is 2.13. The predicted molar refractivity (Wildman–Crippen MR) is 86.6 cm³/mol. The predicted octanol–water partition coefficient (Wildman–Crippen LogP) is 2.43. The Morgan fingerprint density at radius 2 is 1.61 bits per heavy atom. The molecule has 2 rings (SSSR count). The third kappa shape index (κ3) is 4.57. The van der Waals surface area contributed by atoms with E-state index in [0.29, 0.717) is 5.56 Å². The molecule has 2 aromatic rings. The van der Waals surface area contributed by atoms with E-state index in [1.54, 1.807) is 24.3 Å². The lowest BCUT2D eigenvalue weighted by molar-refractivity contribution is -0.139. The Kier molecular flexibility index (Phi) is 5.01. The largest absolute Gasteiger partial charge is 0.508 e. The number of carboxylic acids is 1. The van der Waals surface area contributed by atoms with Gasteiger partial charge in [0.1, 0.15) is 11.8 Å². The van der Waals surface area contributed by atoms with Gasteiger partial charge in [-0.1, -0.05) is 29.3 Å². The Balaban J connectivity index is 2.14. The molecule has 0 saturated heterocycles. The molecule has 0 aliphatic heterocycles. The lowest BCUT2D eigenvalue weighted by atomic mass is 10.0. The molecule has 1 amide bonds. The number of amides is 1. The van der Waals surface area contributed by atoms with Crippen molar-refractivity contribution in [3.8, 4) is 5.75 Å². The molecule has 3 N–H and O–H groups in total. The first-order valence-electron chi connectivity index (χ1n) is 7.25. The number of rotatable bonds is 5. The van der Waals surface area contributed by atoms with Crippen molar-refractivity contribution < 1.29 is 19.8 Å². The summed E-state index contributed by atoms with van der Waals surface area (Å²) in [5.74, 6) is -1.40. The number of aliphatic carboxylic acids is 1. The molecule has 1 atom stereocenters. The van der Waals surface area contributed by atoms with Crippen LogP contribution in [0.5, 0.6) is 5.75 Å². The van der Waals surface area contributed by atoms with Crippen molar-refractivity contribution >= 4 is 11.9 Å². The fraction of sp³-hybridized carbons (Fsp3) is 0.222. The molecule has 0 saturated carbocycles. The van der Waals surface area contributed by atoms with Gasteiger partial charge in [-0.25, -0.2) is 4.79 Å². The van der Waals surface area contributed by atoms with Crippen LogP contribution >= 0.6 is 0 Å². The summed E-state index contributed by atoms with van der Waals surface area (Å²) in [4.78, 5) is 23.7. The summed E-state index contributed by atoms with van der Waals surface area (Å²) in [6.45, 7) is 3.77. The monoisotopic (exact) mass is 313 g/mol. The summed E-state index contributed by atoms with van der Waals surface area (Å²) >= 11 is 0. The maximum atomic E-state index is 12.3. The maximum absolute atomic E-state index is 12.3. The topological polar surface area (TPSA) is 86.6 Å². The van der Waals surface area contributed by atoms with Crippen molar-refractivity contribution in [3.05, 3.63) is 64.7 Å². The number of phenolic OH excluding ortho intramolecular Hbond substituents is 1. The average Bonchev–Trinajstić information content (AvgIpc) is 2.47. The van der Waals surface area contributed by atoms with Crippen molar-refractivity contribution in [2.75, 3.05) is 0 Å². The van der Waals surface area contributed by atoms with Gasteiger partial charge in [0.15, 0.2) is 0 Å². The van der Waals surface area contributed by atoms with Gasteiger partial charge in [-0.05, 0) is 43.7 Å². The first kappa shape index (κ1) is 16.5. The van der Waals surface area contributed by atoms with Crippen LogP contribution in [0.2, 0.25) is 0 Å². The number of hydrogen-bond donors (Lipinski definition) is 3. The van der Waals surface area contributed by atoms with Gasteiger partial charge in [0.05, 0.1) is 0 Å². The van der Waals surface area contributed by atoms with E-state index in [1.165, 1.54) is 12.1 Å². The second-order valence-corrected chi connectivity index (χ2v) is 5.61. The molecule has 0 fully saturated rings. The number of aromatic hydroxyl groups is 1. The van der Waals surface area contributed by atoms with E-state index in [-0.39, 0.29) is 12.2 Å². The van der Waals surface area contributed by atoms with Crippen LogP contribution in [-0.4, -0.2) is 28.1 Å². The molecule has 23 heavy (non-hydrogen) atoms. The van der Waals surface area contributed by atoms with Gasteiger partial charge in [0, 0.05) is 12.0 Å². The number of phenols is 1. The Morgan fingerprint density at radius 3 is 2.13 bits per heavy atom. The molecule has 0 aliphatic rings. The normalized spacial score (nSPS) is 11.7. The van der Waals surface area contributed by atoms with E-state index in [4.69, 9.17) is 0 Å². The number of hydrogen-bond acceptors (Lipinski definition) is 3. The molecule has 0 aromatic heterocycles. The Bertz CT molecular complexity index is 702. The lowest BCUT2D eigenvalue weighted by Gasteiger charge is -2.15. The highest BCUT2D eigenvalue weighted by Gasteiger charge is 2.21. The quantitative estimate of drug-likeness (QED) is 0.791. The molecular formula is C18H19NO4. The molecule has 2 aromatic carbocycles. The van der Waals surface area contributed by atoms with Crippen LogP contribution < -0.4 is 5.32 Å². The van der Waals surface area contributed by atoms with E-state index >= 15 is 0 Å². The summed E-state index contributed by atoms with van der Waals surface area (Å²) in [6, 6.07) is 10.6. The highest BCUT2D eigenvalue weighted by atomic mass is 16.4. The molecular weight excluding hydrogens is 294 g/mol. The summed E-state index contributed by atoms with van der Waals surface area (Å²) < 4.78 is 0. The summed E-state index contributed by atoms with van der Waals surface area (Å²) in [6.07, 6.45) is 0.145. The molecule has 0 bridgehead atoms. The number of carbonyl (C=O) groups excluding carboxylic acids is 1. The van der Waals surface area contributed by atoms with Crippen LogP contribution in [0.25, 0.3) is 0 Å². The number of carboxylic acid groups (broad SMARTS) is 1. The van der Waals surface area contributed by atoms with Crippen molar-refractivity contribution in [1.29, 1.82) is 0 Å². The van der Waals surface area contributed by atoms with Gasteiger partial charge in [-0.3, -0.25) is 4.79 Å². The second kappa shape index (κ2) is 6.96. The van der Waals surface area contributed by atoms with Crippen LogP contribution in [0.4, 0.5) is 0 Å². The molecule has 5 nitrogen and oxygen atoms in total. The van der Waals surface area contributed by atoms with E-state index < -0.39 is 17.9 Å². The Morgan fingerprint density at radius 1 is 1.04 bits per heavy atom. The first-order chi connectivity index (χ1) is 10.8. The fourth-order valence-electron chi connectivity index (χ4n) is 2.42. The number of carbonyl (C=O) groups is 2. The van der Waals surface area contributed by atoms with Crippen molar-refractivity contribution in [1.82, 2.24) is 5.32 Å². The van der Waals surface area contributed by atoms with E-state index in [1.807, 2.05) is 19.9 Å². The maximum Gasteiger partial charge on any atom is 0.326 e. The molecule has 0 radical (unpaired) electrons. The van der Waals surface area contributed by atoms with Gasteiger partial charge in [-0.2, -0.15) is 0 Å². The van der Waals surface area contributed by atoms with Gasteiger partial charge in [0.25, 0.3) is 5.91 Å². The zero-order valence-corrected chi connectivity index (χ0v) is 13.0. The zero-order chi connectivity index (χ0) is 17.0. The van der Waals surface area contributed by atoms with Crippen molar-refractivity contribution in [2.45, 2.75) is 26.3 Å². The minimum atomic E-state index is -1.10. The fourth-order valence-corrected chi connectivity index (χ4v) is 2.42.